The molecule has 118 valence electrons. The van der Waals surface area contributed by atoms with E-state index in [9.17, 15) is 5.11 Å². The second kappa shape index (κ2) is 4.58. The second-order valence-corrected chi connectivity index (χ2v) is 7.97. The lowest BCUT2D eigenvalue weighted by Crippen LogP contribution is -2.48. The van der Waals surface area contributed by atoms with Crippen LogP contribution in [0.5, 0.6) is 0 Å². The summed E-state index contributed by atoms with van der Waals surface area (Å²) in [6.07, 6.45) is 15.1. The van der Waals surface area contributed by atoms with Gasteiger partial charge in [0.25, 0.3) is 0 Å². The van der Waals surface area contributed by atoms with E-state index in [1.165, 1.54) is 30.5 Å². The van der Waals surface area contributed by atoms with Crippen LogP contribution in [-0.2, 0) is 0 Å². The summed E-state index contributed by atoms with van der Waals surface area (Å²) in [5.74, 6) is 7.54. The van der Waals surface area contributed by atoms with Gasteiger partial charge < -0.3 is 10.9 Å². The van der Waals surface area contributed by atoms with Gasteiger partial charge in [0.2, 0.25) is 0 Å². The Hall–Kier alpha value is -1.35. The van der Waals surface area contributed by atoms with Gasteiger partial charge in [-0.1, -0.05) is 38.2 Å². The Kier molecular flexibility index (Phi) is 2.96. The van der Waals surface area contributed by atoms with Crippen molar-refractivity contribution in [3.63, 3.8) is 0 Å². The highest BCUT2D eigenvalue weighted by Gasteiger charge is 2.56. The number of nitrogens with zero attached hydrogens (tertiary/aromatic N) is 1. The van der Waals surface area contributed by atoms with Crippen LogP contribution in [0.2, 0.25) is 0 Å². The molecule has 0 aliphatic heterocycles. The van der Waals surface area contributed by atoms with E-state index in [0.717, 1.165) is 6.42 Å². The van der Waals surface area contributed by atoms with Gasteiger partial charge in [-0.2, -0.15) is 5.10 Å². The first-order valence-corrected chi connectivity index (χ1v) is 8.54. The standard InChI is InChI=1S/C19H26N2O/c1-18-9-7-13(22)11-12(18)3-4-14-15-5-6-17(21-20)19(15,2)10-8-16(14)18/h3-4,7,9,11,13-16,22H,5-6,8,10,20H2,1-2H3/t13?,14-,15-,16-,18-,19-/m0/s1. The zero-order chi connectivity index (χ0) is 15.5. The van der Waals surface area contributed by atoms with Crippen LogP contribution in [0, 0.1) is 28.6 Å². The molecule has 0 aromatic rings. The maximum Gasteiger partial charge on any atom is 0.0908 e. The minimum Gasteiger partial charge on any atom is -0.385 e. The minimum absolute atomic E-state index is 0.0720. The summed E-state index contributed by atoms with van der Waals surface area (Å²) in [7, 11) is 0. The number of rotatable bonds is 0. The molecular weight excluding hydrogens is 272 g/mol. The number of aliphatic hydroxyl groups excluding tert-OH is 1. The monoisotopic (exact) mass is 298 g/mol. The molecule has 6 atom stereocenters. The predicted octanol–water partition coefficient (Wildman–Crippen LogP) is 3.18. The molecule has 0 amide bonds. The molecule has 3 nitrogen and oxygen atoms in total. The Morgan fingerprint density at radius 2 is 2.05 bits per heavy atom. The predicted molar refractivity (Wildman–Crippen MR) is 89.1 cm³/mol. The number of aliphatic hydroxyl groups is 1. The van der Waals surface area contributed by atoms with E-state index < -0.39 is 6.10 Å². The highest BCUT2D eigenvalue weighted by Crippen LogP contribution is 2.61. The van der Waals surface area contributed by atoms with E-state index in [2.05, 4.69) is 37.2 Å². The third-order valence-corrected chi connectivity index (χ3v) is 7.11. The largest absolute Gasteiger partial charge is 0.385 e. The topological polar surface area (TPSA) is 58.6 Å². The van der Waals surface area contributed by atoms with Crippen molar-refractivity contribution in [2.45, 2.75) is 45.6 Å². The van der Waals surface area contributed by atoms with Gasteiger partial charge in [-0.05, 0) is 55.1 Å². The molecule has 1 unspecified atom stereocenters. The van der Waals surface area contributed by atoms with Crippen LogP contribution in [0.25, 0.3) is 0 Å². The Bertz CT molecular complexity index is 617. The van der Waals surface area contributed by atoms with Crippen LogP contribution in [0.3, 0.4) is 0 Å². The number of hydrazone groups is 1. The first-order valence-electron chi connectivity index (χ1n) is 8.54. The van der Waals surface area contributed by atoms with E-state index in [-0.39, 0.29) is 10.8 Å². The average molecular weight is 298 g/mol. The van der Waals surface area contributed by atoms with Crippen LogP contribution < -0.4 is 5.84 Å². The summed E-state index contributed by atoms with van der Waals surface area (Å²) in [5.41, 5.74) is 2.78. The van der Waals surface area contributed by atoms with Crippen molar-refractivity contribution in [3.05, 3.63) is 36.0 Å². The molecule has 0 bridgehead atoms. The average Bonchev–Trinajstić information content (AvgIpc) is 2.84. The summed E-state index contributed by atoms with van der Waals surface area (Å²) >= 11 is 0. The van der Waals surface area contributed by atoms with Crippen molar-refractivity contribution in [2.24, 2.45) is 39.5 Å². The summed E-state index contributed by atoms with van der Waals surface area (Å²) in [4.78, 5) is 0. The molecule has 0 aromatic carbocycles. The zero-order valence-corrected chi connectivity index (χ0v) is 13.5. The molecule has 2 fully saturated rings. The smallest absolute Gasteiger partial charge is 0.0908 e. The molecule has 4 aliphatic carbocycles. The van der Waals surface area contributed by atoms with Crippen molar-refractivity contribution in [1.82, 2.24) is 0 Å². The van der Waals surface area contributed by atoms with Gasteiger partial charge in [0.1, 0.15) is 0 Å². The first kappa shape index (κ1) is 14.3. The Labute approximate surface area is 132 Å². The fraction of sp³-hybridized carbons (Fsp3) is 0.632. The number of fused-ring (bicyclic) bond motifs is 5. The highest BCUT2D eigenvalue weighted by molar-refractivity contribution is 5.92. The Morgan fingerprint density at radius 1 is 1.23 bits per heavy atom. The van der Waals surface area contributed by atoms with Gasteiger partial charge in [0, 0.05) is 16.5 Å². The van der Waals surface area contributed by atoms with Crippen LogP contribution >= 0.6 is 0 Å². The Morgan fingerprint density at radius 3 is 2.82 bits per heavy atom. The molecular formula is C19H26N2O. The summed E-state index contributed by atoms with van der Waals surface area (Å²) < 4.78 is 0. The zero-order valence-electron chi connectivity index (χ0n) is 13.5. The number of hydrogen-bond donors (Lipinski definition) is 2. The quantitative estimate of drug-likeness (QED) is 0.410. The van der Waals surface area contributed by atoms with E-state index in [4.69, 9.17) is 5.84 Å². The van der Waals surface area contributed by atoms with Crippen LogP contribution in [0.15, 0.2) is 41.1 Å². The summed E-state index contributed by atoms with van der Waals surface area (Å²) in [6.45, 7) is 4.71. The second-order valence-electron chi connectivity index (χ2n) is 7.97. The Balaban J connectivity index is 1.75. The van der Waals surface area contributed by atoms with Gasteiger partial charge in [0.15, 0.2) is 0 Å². The van der Waals surface area contributed by atoms with Crippen molar-refractivity contribution >= 4 is 5.71 Å². The summed E-state index contributed by atoms with van der Waals surface area (Å²) in [6, 6.07) is 0. The van der Waals surface area contributed by atoms with Crippen molar-refractivity contribution in [3.8, 4) is 0 Å². The fourth-order valence-corrected chi connectivity index (χ4v) is 5.77. The lowest BCUT2D eigenvalue weighted by atomic mass is 9.50. The van der Waals surface area contributed by atoms with Gasteiger partial charge in [-0.25, -0.2) is 0 Å². The lowest BCUT2D eigenvalue weighted by Gasteiger charge is -2.54. The van der Waals surface area contributed by atoms with Crippen LogP contribution in [-0.4, -0.2) is 16.9 Å². The molecule has 0 spiro atoms. The van der Waals surface area contributed by atoms with E-state index in [1.54, 1.807) is 0 Å². The SMILES string of the molecule is C[C@]12C=CC(O)C=C1C=C[C@@H]1[C@@H]2CC[C@]2(C)C(=NN)CC[C@@H]12. The summed E-state index contributed by atoms with van der Waals surface area (Å²) in [5, 5.41) is 14.0. The van der Waals surface area contributed by atoms with Gasteiger partial charge in [-0.3, -0.25) is 0 Å². The normalized spacial score (nSPS) is 51.2. The van der Waals surface area contributed by atoms with Gasteiger partial charge >= 0.3 is 0 Å². The number of hydrogen-bond acceptors (Lipinski definition) is 3. The fourth-order valence-electron chi connectivity index (χ4n) is 5.77. The number of nitrogens with two attached hydrogens (primary N) is 1. The van der Waals surface area contributed by atoms with Gasteiger partial charge in [0.05, 0.1) is 6.10 Å². The van der Waals surface area contributed by atoms with Crippen molar-refractivity contribution < 1.29 is 5.11 Å². The third-order valence-electron chi connectivity index (χ3n) is 7.11. The van der Waals surface area contributed by atoms with E-state index in [0.29, 0.717) is 17.8 Å². The molecule has 0 saturated heterocycles. The molecule has 0 heterocycles. The maximum atomic E-state index is 9.89. The molecule has 0 aromatic heterocycles. The minimum atomic E-state index is -0.430. The lowest BCUT2D eigenvalue weighted by molar-refractivity contribution is 0.0521. The van der Waals surface area contributed by atoms with E-state index in [1.807, 2.05) is 12.2 Å². The maximum absolute atomic E-state index is 9.89. The van der Waals surface area contributed by atoms with Crippen molar-refractivity contribution in [1.29, 1.82) is 0 Å². The molecule has 2 saturated carbocycles. The third kappa shape index (κ3) is 1.69. The van der Waals surface area contributed by atoms with E-state index >= 15 is 0 Å². The van der Waals surface area contributed by atoms with Crippen LogP contribution in [0.4, 0.5) is 0 Å². The van der Waals surface area contributed by atoms with Gasteiger partial charge in [-0.15, -0.1) is 0 Å². The molecule has 22 heavy (non-hydrogen) atoms. The first-order chi connectivity index (χ1) is 10.5. The number of allylic oxidation sites excluding steroid dienone is 4. The molecule has 3 heteroatoms. The highest BCUT2D eigenvalue weighted by atomic mass is 16.3. The molecule has 4 rings (SSSR count). The van der Waals surface area contributed by atoms with Crippen LogP contribution in [0.1, 0.15) is 39.5 Å². The molecule has 4 aliphatic rings. The van der Waals surface area contributed by atoms with Crippen molar-refractivity contribution in [2.75, 3.05) is 0 Å². The molecule has 0 radical (unpaired) electrons. The molecule has 3 N–H and O–H groups in total.